The maximum absolute atomic E-state index is 11.5. The SMILES string of the molecule is CC(C)(C)OC(=O)NCCCNCc1cccc(-c2ccnc(Cl)n2)c1. The lowest BCUT2D eigenvalue weighted by molar-refractivity contribution is 0.0527. The van der Waals surface area contributed by atoms with Crippen molar-refractivity contribution in [3.05, 3.63) is 47.4 Å². The molecular weight excluding hydrogens is 352 g/mol. The second-order valence-corrected chi connectivity index (χ2v) is 7.21. The molecule has 0 aliphatic carbocycles. The molecule has 26 heavy (non-hydrogen) atoms. The predicted molar refractivity (Wildman–Crippen MR) is 103 cm³/mol. The number of aromatic nitrogens is 2. The third-order valence-corrected chi connectivity index (χ3v) is 3.56. The van der Waals surface area contributed by atoms with E-state index >= 15 is 0 Å². The minimum absolute atomic E-state index is 0.239. The molecule has 0 aliphatic heterocycles. The molecule has 0 bridgehead atoms. The molecule has 0 spiro atoms. The Labute approximate surface area is 159 Å². The molecule has 140 valence electrons. The van der Waals surface area contributed by atoms with E-state index in [0.717, 1.165) is 36.3 Å². The van der Waals surface area contributed by atoms with Crippen LogP contribution in [0.3, 0.4) is 0 Å². The standard InChI is InChI=1S/C19H25ClN4O2/c1-19(2,3)26-18(25)23-10-5-9-21-13-14-6-4-7-15(12-14)16-8-11-22-17(20)24-16/h4,6-8,11-12,21H,5,9-10,13H2,1-3H3,(H,23,25). The van der Waals surface area contributed by atoms with Gasteiger partial charge in [0.1, 0.15) is 5.60 Å². The summed E-state index contributed by atoms with van der Waals surface area (Å²) in [5.74, 6) is 0. The van der Waals surface area contributed by atoms with E-state index in [-0.39, 0.29) is 11.4 Å². The summed E-state index contributed by atoms with van der Waals surface area (Å²) in [6.45, 7) is 7.63. The van der Waals surface area contributed by atoms with Crippen molar-refractivity contribution in [3.63, 3.8) is 0 Å². The number of amides is 1. The van der Waals surface area contributed by atoms with E-state index in [1.807, 2.05) is 39.0 Å². The van der Waals surface area contributed by atoms with E-state index in [9.17, 15) is 4.79 Å². The highest BCUT2D eigenvalue weighted by molar-refractivity contribution is 6.28. The lowest BCUT2D eigenvalue weighted by Crippen LogP contribution is -2.33. The van der Waals surface area contributed by atoms with Gasteiger partial charge in [-0.05, 0) is 63.0 Å². The van der Waals surface area contributed by atoms with Crippen molar-refractivity contribution < 1.29 is 9.53 Å². The molecular formula is C19H25ClN4O2. The van der Waals surface area contributed by atoms with Crippen molar-refractivity contribution in [2.45, 2.75) is 39.3 Å². The molecule has 1 heterocycles. The van der Waals surface area contributed by atoms with Gasteiger partial charge in [0, 0.05) is 24.8 Å². The van der Waals surface area contributed by atoms with Gasteiger partial charge in [0.2, 0.25) is 5.28 Å². The maximum Gasteiger partial charge on any atom is 0.407 e. The van der Waals surface area contributed by atoms with Gasteiger partial charge in [-0.15, -0.1) is 0 Å². The number of alkyl carbamates (subject to hydrolysis) is 1. The number of hydrogen-bond acceptors (Lipinski definition) is 5. The fraction of sp³-hybridized carbons (Fsp3) is 0.421. The summed E-state index contributed by atoms with van der Waals surface area (Å²) < 4.78 is 5.19. The Hall–Kier alpha value is -2.18. The smallest absolute Gasteiger partial charge is 0.407 e. The van der Waals surface area contributed by atoms with Gasteiger partial charge in [0.25, 0.3) is 0 Å². The number of nitrogens with one attached hydrogen (secondary N) is 2. The number of halogens is 1. The minimum atomic E-state index is -0.471. The Bertz CT molecular complexity index is 731. The van der Waals surface area contributed by atoms with Gasteiger partial charge in [-0.2, -0.15) is 0 Å². The largest absolute Gasteiger partial charge is 0.444 e. The zero-order valence-corrected chi connectivity index (χ0v) is 16.1. The topological polar surface area (TPSA) is 76.1 Å². The highest BCUT2D eigenvalue weighted by Gasteiger charge is 2.15. The van der Waals surface area contributed by atoms with Gasteiger partial charge in [-0.25, -0.2) is 14.8 Å². The number of benzene rings is 1. The molecule has 1 aromatic carbocycles. The summed E-state index contributed by atoms with van der Waals surface area (Å²) in [5, 5.41) is 6.35. The molecule has 0 unspecified atom stereocenters. The molecule has 0 saturated carbocycles. The quantitative estimate of drug-likeness (QED) is 0.567. The summed E-state index contributed by atoms with van der Waals surface area (Å²) in [4.78, 5) is 19.7. The van der Waals surface area contributed by atoms with Crippen molar-refractivity contribution in [1.82, 2.24) is 20.6 Å². The number of carbonyl (C=O) groups excluding carboxylic acids is 1. The van der Waals surface area contributed by atoms with E-state index in [1.165, 1.54) is 0 Å². The third-order valence-electron chi connectivity index (χ3n) is 3.38. The number of nitrogens with zero attached hydrogens (tertiary/aromatic N) is 2. The van der Waals surface area contributed by atoms with Gasteiger partial charge < -0.3 is 15.4 Å². The first-order valence-corrected chi connectivity index (χ1v) is 8.97. The fourth-order valence-electron chi connectivity index (χ4n) is 2.29. The molecule has 0 fully saturated rings. The molecule has 6 nitrogen and oxygen atoms in total. The summed E-state index contributed by atoms with van der Waals surface area (Å²) >= 11 is 5.85. The zero-order valence-electron chi connectivity index (χ0n) is 15.4. The number of carbonyl (C=O) groups is 1. The number of ether oxygens (including phenoxy) is 1. The Balaban J connectivity index is 1.72. The van der Waals surface area contributed by atoms with Crippen LogP contribution >= 0.6 is 11.6 Å². The van der Waals surface area contributed by atoms with Crippen LogP contribution in [-0.2, 0) is 11.3 Å². The predicted octanol–water partition coefficient (Wildman–Crippen LogP) is 3.80. The Morgan fingerprint density at radius 3 is 2.77 bits per heavy atom. The second kappa shape index (κ2) is 9.50. The maximum atomic E-state index is 11.5. The zero-order chi connectivity index (χ0) is 19.0. The first kappa shape index (κ1) is 20.1. The highest BCUT2D eigenvalue weighted by atomic mass is 35.5. The van der Waals surface area contributed by atoms with E-state index < -0.39 is 5.60 Å². The lowest BCUT2D eigenvalue weighted by atomic mass is 10.1. The van der Waals surface area contributed by atoms with Crippen molar-refractivity contribution in [3.8, 4) is 11.3 Å². The molecule has 1 aromatic heterocycles. The molecule has 1 amide bonds. The van der Waals surface area contributed by atoms with Crippen molar-refractivity contribution >= 4 is 17.7 Å². The Morgan fingerprint density at radius 1 is 1.23 bits per heavy atom. The van der Waals surface area contributed by atoms with E-state index in [2.05, 4.69) is 32.7 Å². The van der Waals surface area contributed by atoms with Crippen LogP contribution in [0.4, 0.5) is 4.79 Å². The van der Waals surface area contributed by atoms with Gasteiger partial charge in [-0.1, -0.05) is 18.2 Å². The number of hydrogen-bond donors (Lipinski definition) is 2. The average molecular weight is 377 g/mol. The van der Waals surface area contributed by atoms with Crippen LogP contribution in [0.15, 0.2) is 36.5 Å². The lowest BCUT2D eigenvalue weighted by Gasteiger charge is -2.19. The molecule has 2 rings (SSSR count). The van der Waals surface area contributed by atoms with Crippen LogP contribution in [0.5, 0.6) is 0 Å². The third kappa shape index (κ3) is 7.37. The molecule has 7 heteroatoms. The van der Waals surface area contributed by atoms with Crippen LogP contribution in [0, 0.1) is 0 Å². The van der Waals surface area contributed by atoms with Gasteiger partial charge in [0.15, 0.2) is 0 Å². The Kier molecular flexibility index (Phi) is 7.36. The van der Waals surface area contributed by atoms with E-state index in [0.29, 0.717) is 6.54 Å². The highest BCUT2D eigenvalue weighted by Crippen LogP contribution is 2.19. The van der Waals surface area contributed by atoms with Crippen LogP contribution < -0.4 is 10.6 Å². The van der Waals surface area contributed by atoms with Crippen LogP contribution in [-0.4, -0.2) is 34.8 Å². The van der Waals surface area contributed by atoms with Crippen molar-refractivity contribution in [2.75, 3.05) is 13.1 Å². The van der Waals surface area contributed by atoms with E-state index in [1.54, 1.807) is 6.20 Å². The first-order chi connectivity index (χ1) is 12.3. The molecule has 0 radical (unpaired) electrons. The summed E-state index contributed by atoms with van der Waals surface area (Å²) in [6, 6.07) is 9.95. The second-order valence-electron chi connectivity index (χ2n) is 6.87. The minimum Gasteiger partial charge on any atom is -0.444 e. The number of rotatable bonds is 7. The van der Waals surface area contributed by atoms with E-state index in [4.69, 9.17) is 16.3 Å². The van der Waals surface area contributed by atoms with Crippen LogP contribution in [0.2, 0.25) is 5.28 Å². The van der Waals surface area contributed by atoms with Crippen LogP contribution in [0.1, 0.15) is 32.8 Å². The van der Waals surface area contributed by atoms with Crippen molar-refractivity contribution in [2.24, 2.45) is 0 Å². The summed E-state index contributed by atoms with van der Waals surface area (Å²) in [7, 11) is 0. The monoisotopic (exact) mass is 376 g/mol. The molecule has 0 saturated heterocycles. The molecule has 2 N–H and O–H groups in total. The normalized spacial score (nSPS) is 11.2. The summed E-state index contributed by atoms with van der Waals surface area (Å²) in [5.41, 5.74) is 2.48. The van der Waals surface area contributed by atoms with Gasteiger partial charge in [0.05, 0.1) is 5.69 Å². The first-order valence-electron chi connectivity index (χ1n) is 8.59. The average Bonchev–Trinajstić information content (AvgIpc) is 2.57. The Morgan fingerprint density at radius 2 is 2.04 bits per heavy atom. The molecule has 2 aromatic rings. The fourth-order valence-corrected chi connectivity index (χ4v) is 2.43. The summed E-state index contributed by atoms with van der Waals surface area (Å²) in [6.07, 6.45) is 2.09. The molecule has 0 atom stereocenters. The molecule has 0 aliphatic rings. The van der Waals surface area contributed by atoms with Crippen LogP contribution in [0.25, 0.3) is 11.3 Å². The van der Waals surface area contributed by atoms with Crippen molar-refractivity contribution in [1.29, 1.82) is 0 Å². The van der Waals surface area contributed by atoms with Gasteiger partial charge in [-0.3, -0.25) is 0 Å². The van der Waals surface area contributed by atoms with Gasteiger partial charge >= 0.3 is 6.09 Å².